The standard InChI is InChI=1S/C32H32N2O7/c35-30(24-9-10-26-27(20-24)40-18-17-39-26)28-29(34(32(37)31(28)36)12-11-33-13-15-38-16-14-33)23-7-4-8-25(19-23)41-21-22-5-2-1-3-6-22/h1-10,19-20,29,35H,11-18,21H2. The Morgan fingerprint density at radius 3 is 2.44 bits per heavy atom. The highest BCUT2D eigenvalue weighted by molar-refractivity contribution is 6.46. The van der Waals surface area contributed by atoms with Gasteiger partial charge in [-0.2, -0.15) is 0 Å². The minimum Gasteiger partial charge on any atom is -0.507 e. The van der Waals surface area contributed by atoms with Gasteiger partial charge in [-0.15, -0.1) is 0 Å². The third-order valence-electron chi connectivity index (χ3n) is 7.54. The van der Waals surface area contributed by atoms with E-state index in [9.17, 15) is 14.7 Å². The van der Waals surface area contributed by atoms with Gasteiger partial charge >= 0.3 is 0 Å². The van der Waals surface area contributed by atoms with Gasteiger partial charge in [-0.25, -0.2) is 0 Å². The van der Waals surface area contributed by atoms with E-state index in [0.717, 1.165) is 18.7 Å². The Labute approximate surface area is 238 Å². The number of ether oxygens (including phenoxy) is 4. The van der Waals surface area contributed by atoms with Gasteiger partial charge in [0.1, 0.15) is 31.3 Å². The van der Waals surface area contributed by atoms with Gasteiger partial charge in [0.2, 0.25) is 0 Å². The highest BCUT2D eigenvalue weighted by Gasteiger charge is 2.46. The highest BCUT2D eigenvalue weighted by Crippen LogP contribution is 2.41. The molecule has 3 aliphatic rings. The van der Waals surface area contributed by atoms with Crippen molar-refractivity contribution in [3.8, 4) is 17.2 Å². The van der Waals surface area contributed by atoms with Crippen LogP contribution in [0.15, 0.2) is 78.4 Å². The maximum Gasteiger partial charge on any atom is 0.295 e. The van der Waals surface area contributed by atoms with Crippen LogP contribution in [0.2, 0.25) is 0 Å². The van der Waals surface area contributed by atoms with Crippen LogP contribution in [0.3, 0.4) is 0 Å². The number of aliphatic hydroxyl groups excluding tert-OH is 1. The summed E-state index contributed by atoms with van der Waals surface area (Å²) in [5, 5.41) is 11.5. The number of amides is 1. The number of likely N-dealkylation sites (tertiary alicyclic amines) is 1. The van der Waals surface area contributed by atoms with E-state index in [2.05, 4.69) is 4.90 Å². The fourth-order valence-electron chi connectivity index (χ4n) is 5.39. The maximum atomic E-state index is 13.5. The van der Waals surface area contributed by atoms with Crippen molar-refractivity contribution >= 4 is 17.4 Å². The number of benzene rings is 3. The molecule has 2 fully saturated rings. The van der Waals surface area contributed by atoms with Crippen LogP contribution in [0.1, 0.15) is 22.7 Å². The molecule has 3 aromatic carbocycles. The van der Waals surface area contributed by atoms with Gasteiger partial charge in [-0.05, 0) is 41.5 Å². The second kappa shape index (κ2) is 12.0. The number of Topliss-reactive ketones (excluding diaryl/α,β-unsaturated/α-hetero) is 1. The molecule has 0 radical (unpaired) electrons. The lowest BCUT2D eigenvalue weighted by Gasteiger charge is -2.31. The molecule has 1 unspecified atom stereocenters. The summed E-state index contributed by atoms with van der Waals surface area (Å²) in [6, 6.07) is 21.4. The Kier molecular flexibility index (Phi) is 7.89. The number of aliphatic hydroxyl groups is 1. The molecule has 9 nitrogen and oxygen atoms in total. The number of hydrogen-bond acceptors (Lipinski definition) is 8. The topological polar surface area (TPSA) is 97.8 Å². The fourth-order valence-corrected chi connectivity index (χ4v) is 5.39. The minimum atomic E-state index is -0.787. The van der Waals surface area contributed by atoms with Crippen molar-refractivity contribution in [3.05, 3.63) is 95.1 Å². The second-order valence-corrected chi connectivity index (χ2v) is 10.2. The molecule has 0 spiro atoms. The SMILES string of the molecule is O=C1C(=O)N(CCN2CCOCC2)C(c2cccc(OCc3ccccc3)c2)C1=C(O)c1ccc2c(c1)OCCO2. The van der Waals surface area contributed by atoms with Crippen LogP contribution >= 0.6 is 0 Å². The van der Waals surface area contributed by atoms with Gasteiger partial charge in [0.25, 0.3) is 11.7 Å². The number of carbonyl (C=O) groups is 2. The van der Waals surface area contributed by atoms with E-state index in [1.807, 2.05) is 54.6 Å². The summed E-state index contributed by atoms with van der Waals surface area (Å²) in [5.74, 6) is 0.0328. The van der Waals surface area contributed by atoms with Crippen molar-refractivity contribution in [2.24, 2.45) is 0 Å². The van der Waals surface area contributed by atoms with Crippen LogP contribution in [0, 0.1) is 0 Å². The third kappa shape index (κ3) is 5.77. The van der Waals surface area contributed by atoms with Crippen LogP contribution in [0.4, 0.5) is 0 Å². The molecule has 0 aliphatic carbocycles. The summed E-state index contributed by atoms with van der Waals surface area (Å²) in [6.07, 6.45) is 0. The zero-order valence-electron chi connectivity index (χ0n) is 22.7. The van der Waals surface area contributed by atoms with Crippen molar-refractivity contribution in [1.82, 2.24) is 9.80 Å². The number of nitrogens with zero attached hydrogens (tertiary/aromatic N) is 2. The first-order valence-electron chi connectivity index (χ1n) is 13.8. The molecule has 2 saturated heterocycles. The minimum absolute atomic E-state index is 0.0360. The lowest BCUT2D eigenvalue weighted by Crippen LogP contribution is -2.42. The molecule has 1 N–H and O–H groups in total. The van der Waals surface area contributed by atoms with Crippen molar-refractivity contribution in [2.45, 2.75) is 12.6 Å². The molecule has 0 aromatic heterocycles. The van der Waals surface area contributed by atoms with Gasteiger partial charge in [0, 0.05) is 31.7 Å². The van der Waals surface area contributed by atoms with E-state index < -0.39 is 17.7 Å². The Morgan fingerprint density at radius 1 is 0.854 bits per heavy atom. The summed E-state index contributed by atoms with van der Waals surface area (Å²) in [6.45, 7) is 4.89. The van der Waals surface area contributed by atoms with Gasteiger partial charge < -0.3 is 29.0 Å². The van der Waals surface area contributed by atoms with Crippen LogP contribution in [0.5, 0.6) is 17.2 Å². The Bertz CT molecular complexity index is 1450. The molecule has 212 valence electrons. The Hall–Kier alpha value is -4.34. The predicted molar refractivity (Wildman–Crippen MR) is 151 cm³/mol. The maximum absolute atomic E-state index is 13.5. The van der Waals surface area contributed by atoms with E-state index in [4.69, 9.17) is 18.9 Å². The molecule has 3 aromatic rings. The summed E-state index contributed by atoms with van der Waals surface area (Å²) in [4.78, 5) is 30.7. The predicted octanol–water partition coefficient (Wildman–Crippen LogP) is 3.79. The molecule has 1 atom stereocenters. The summed E-state index contributed by atoms with van der Waals surface area (Å²) in [7, 11) is 0. The molecule has 3 aliphatic heterocycles. The monoisotopic (exact) mass is 556 g/mol. The molecule has 41 heavy (non-hydrogen) atoms. The van der Waals surface area contributed by atoms with Crippen molar-refractivity contribution in [2.75, 3.05) is 52.6 Å². The van der Waals surface area contributed by atoms with Crippen molar-refractivity contribution in [1.29, 1.82) is 0 Å². The van der Waals surface area contributed by atoms with E-state index >= 15 is 0 Å². The summed E-state index contributed by atoms with van der Waals surface area (Å²) >= 11 is 0. The van der Waals surface area contributed by atoms with Crippen LogP contribution in [-0.4, -0.2) is 79.2 Å². The third-order valence-corrected chi connectivity index (χ3v) is 7.54. The molecule has 1 amide bonds. The zero-order chi connectivity index (χ0) is 28.2. The Morgan fingerprint density at radius 2 is 1.63 bits per heavy atom. The summed E-state index contributed by atoms with van der Waals surface area (Å²) < 4.78 is 22.8. The quantitative estimate of drug-likeness (QED) is 0.254. The normalized spacial score (nSPS) is 20.3. The number of carbonyl (C=O) groups excluding carboxylic acids is 2. The molecule has 9 heteroatoms. The summed E-state index contributed by atoms with van der Waals surface area (Å²) in [5.41, 5.74) is 2.11. The van der Waals surface area contributed by atoms with Gasteiger partial charge in [-0.1, -0.05) is 42.5 Å². The first-order chi connectivity index (χ1) is 20.1. The Balaban J connectivity index is 1.35. The zero-order valence-corrected chi connectivity index (χ0v) is 22.7. The van der Waals surface area contributed by atoms with E-state index in [0.29, 0.717) is 74.5 Å². The smallest absolute Gasteiger partial charge is 0.295 e. The van der Waals surface area contributed by atoms with E-state index in [-0.39, 0.29) is 11.3 Å². The fraction of sp³-hybridized carbons (Fsp3) is 0.312. The van der Waals surface area contributed by atoms with Gasteiger partial charge in [0.05, 0.1) is 24.8 Å². The highest BCUT2D eigenvalue weighted by atomic mass is 16.6. The number of fused-ring (bicyclic) bond motifs is 1. The average molecular weight is 557 g/mol. The average Bonchev–Trinajstić information content (AvgIpc) is 3.28. The number of morpholine rings is 1. The molecule has 0 bridgehead atoms. The number of ketones is 1. The first kappa shape index (κ1) is 26.9. The van der Waals surface area contributed by atoms with Crippen LogP contribution in [-0.2, 0) is 20.9 Å². The molecule has 0 saturated carbocycles. The largest absolute Gasteiger partial charge is 0.507 e. The molecule has 3 heterocycles. The van der Waals surface area contributed by atoms with Gasteiger partial charge in [0.15, 0.2) is 11.5 Å². The molecule has 6 rings (SSSR count). The van der Waals surface area contributed by atoms with Crippen molar-refractivity contribution < 1.29 is 33.6 Å². The van der Waals surface area contributed by atoms with E-state index in [1.54, 1.807) is 23.1 Å². The van der Waals surface area contributed by atoms with Crippen molar-refractivity contribution in [3.63, 3.8) is 0 Å². The van der Waals surface area contributed by atoms with Crippen LogP contribution in [0.25, 0.3) is 5.76 Å². The lowest BCUT2D eigenvalue weighted by atomic mass is 9.95. The number of hydrogen-bond donors (Lipinski definition) is 1. The lowest BCUT2D eigenvalue weighted by molar-refractivity contribution is -0.140. The van der Waals surface area contributed by atoms with Crippen LogP contribution < -0.4 is 14.2 Å². The molecular formula is C32H32N2O7. The first-order valence-corrected chi connectivity index (χ1v) is 13.8. The number of rotatable bonds is 8. The van der Waals surface area contributed by atoms with E-state index in [1.165, 1.54) is 0 Å². The van der Waals surface area contributed by atoms with Gasteiger partial charge in [-0.3, -0.25) is 14.5 Å². The molecular weight excluding hydrogens is 524 g/mol. The second-order valence-electron chi connectivity index (χ2n) is 10.2.